The summed E-state index contributed by atoms with van der Waals surface area (Å²) in [6, 6.07) is 5.10. The minimum absolute atomic E-state index is 0.637. The standard InChI is InChI=1S/C14H22N2S/c1-2-9-16(8-1)10-7-15-14(12-5-6-12)13-4-3-11-17-13/h3-4,11-12,14-15H,1-2,5-10H2. The molecule has 0 aromatic carbocycles. The van der Waals surface area contributed by atoms with Gasteiger partial charge in [0.05, 0.1) is 0 Å². The molecule has 3 heteroatoms. The maximum atomic E-state index is 3.78. The predicted molar refractivity (Wildman–Crippen MR) is 73.5 cm³/mol. The zero-order valence-corrected chi connectivity index (χ0v) is 11.2. The van der Waals surface area contributed by atoms with E-state index in [9.17, 15) is 0 Å². The van der Waals surface area contributed by atoms with Gasteiger partial charge in [0.2, 0.25) is 0 Å². The summed E-state index contributed by atoms with van der Waals surface area (Å²) >= 11 is 1.91. The molecule has 1 aliphatic carbocycles. The van der Waals surface area contributed by atoms with Crippen molar-refractivity contribution in [3.05, 3.63) is 22.4 Å². The van der Waals surface area contributed by atoms with E-state index in [-0.39, 0.29) is 0 Å². The van der Waals surface area contributed by atoms with Crippen LogP contribution < -0.4 is 5.32 Å². The van der Waals surface area contributed by atoms with Crippen LogP contribution in [0.4, 0.5) is 0 Å². The summed E-state index contributed by atoms with van der Waals surface area (Å²) in [7, 11) is 0. The Morgan fingerprint density at radius 3 is 2.82 bits per heavy atom. The molecule has 1 atom stereocenters. The summed E-state index contributed by atoms with van der Waals surface area (Å²) < 4.78 is 0. The number of hydrogen-bond acceptors (Lipinski definition) is 3. The van der Waals surface area contributed by atoms with Gasteiger partial charge < -0.3 is 10.2 Å². The van der Waals surface area contributed by atoms with Crippen LogP contribution in [-0.2, 0) is 0 Å². The van der Waals surface area contributed by atoms with Crippen molar-refractivity contribution in [2.24, 2.45) is 5.92 Å². The molecule has 1 N–H and O–H groups in total. The highest BCUT2D eigenvalue weighted by Crippen LogP contribution is 2.42. The molecule has 0 amide bonds. The smallest absolute Gasteiger partial charge is 0.0443 e. The molecule has 1 saturated carbocycles. The molecular weight excluding hydrogens is 228 g/mol. The first kappa shape index (κ1) is 11.7. The van der Waals surface area contributed by atoms with Crippen LogP contribution in [0.1, 0.15) is 36.6 Å². The fraction of sp³-hybridized carbons (Fsp3) is 0.714. The fourth-order valence-corrected chi connectivity index (χ4v) is 3.68. The second kappa shape index (κ2) is 5.51. The van der Waals surface area contributed by atoms with Gasteiger partial charge >= 0.3 is 0 Å². The molecule has 2 heterocycles. The van der Waals surface area contributed by atoms with Crippen LogP contribution in [0.15, 0.2) is 17.5 Å². The van der Waals surface area contributed by atoms with Gasteiger partial charge in [0.25, 0.3) is 0 Å². The summed E-state index contributed by atoms with van der Waals surface area (Å²) in [5, 5.41) is 5.98. The molecule has 2 fully saturated rings. The zero-order valence-electron chi connectivity index (χ0n) is 10.4. The molecule has 17 heavy (non-hydrogen) atoms. The summed E-state index contributed by atoms with van der Waals surface area (Å²) in [5.74, 6) is 0.909. The van der Waals surface area contributed by atoms with Gasteiger partial charge in [-0.2, -0.15) is 0 Å². The van der Waals surface area contributed by atoms with Gasteiger partial charge in [-0.3, -0.25) is 0 Å². The van der Waals surface area contributed by atoms with Crippen LogP contribution >= 0.6 is 11.3 Å². The minimum atomic E-state index is 0.637. The zero-order chi connectivity index (χ0) is 11.5. The van der Waals surface area contributed by atoms with Gasteiger partial charge in [-0.25, -0.2) is 0 Å². The number of nitrogens with one attached hydrogen (secondary N) is 1. The van der Waals surface area contributed by atoms with Crippen LogP contribution in [-0.4, -0.2) is 31.1 Å². The predicted octanol–water partition coefficient (Wildman–Crippen LogP) is 2.88. The molecule has 1 unspecified atom stereocenters. The van der Waals surface area contributed by atoms with Crippen molar-refractivity contribution in [1.82, 2.24) is 10.2 Å². The van der Waals surface area contributed by atoms with Crippen molar-refractivity contribution >= 4 is 11.3 Å². The van der Waals surface area contributed by atoms with E-state index >= 15 is 0 Å². The third-order valence-corrected chi connectivity index (χ3v) is 4.89. The van der Waals surface area contributed by atoms with Crippen molar-refractivity contribution in [1.29, 1.82) is 0 Å². The number of rotatable bonds is 6. The van der Waals surface area contributed by atoms with Crippen molar-refractivity contribution in [2.75, 3.05) is 26.2 Å². The lowest BCUT2D eigenvalue weighted by atomic mass is 10.1. The maximum Gasteiger partial charge on any atom is 0.0443 e. The SMILES string of the molecule is c1csc(C(NCCN2CCCC2)C2CC2)c1. The molecule has 1 aromatic rings. The third-order valence-electron chi connectivity index (χ3n) is 3.93. The van der Waals surface area contributed by atoms with Crippen LogP contribution in [0.25, 0.3) is 0 Å². The summed E-state index contributed by atoms with van der Waals surface area (Å²) in [6.07, 6.45) is 5.63. The Morgan fingerprint density at radius 1 is 1.35 bits per heavy atom. The lowest BCUT2D eigenvalue weighted by Gasteiger charge is -2.20. The largest absolute Gasteiger partial charge is 0.308 e. The summed E-state index contributed by atoms with van der Waals surface area (Å²) in [4.78, 5) is 4.12. The highest BCUT2D eigenvalue weighted by atomic mass is 32.1. The van der Waals surface area contributed by atoms with Gasteiger partial charge in [-0.1, -0.05) is 6.07 Å². The first-order chi connectivity index (χ1) is 8.43. The Hall–Kier alpha value is -0.380. The Kier molecular flexibility index (Phi) is 3.79. The monoisotopic (exact) mass is 250 g/mol. The first-order valence-corrected chi connectivity index (χ1v) is 7.80. The van der Waals surface area contributed by atoms with E-state index in [1.165, 1.54) is 50.2 Å². The molecule has 1 aliphatic heterocycles. The normalized spacial score (nSPS) is 23.1. The van der Waals surface area contributed by atoms with Gasteiger partial charge in [-0.15, -0.1) is 11.3 Å². The molecule has 3 rings (SSSR count). The average Bonchev–Trinajstić information content (AvgIpc) is 2.84. The summed E-state index contributed by atoms with van der Waals surface area (Å²) in [5.41, 5.74) is 0. The molecular formula is C14H22N2S. The number of nitrogens with zero attached hydrogens (tertiary/aromatic N) is 1. The first-order valence-electron chi connectivity index (χ1n) is 6.92. The van der Waals surface area contributed by atoms with Crippen molar-refractivity contribution < 1.29 is 0 Å². The lowest BCUT2D eigenvalue weighted by molar-refractivity contribution is 0.323. The van der Waals surface area contributed by atoms with E-state index < -0.39 is 0 Å². The number of hydrogen-bond donors (Lipinski definition) is 1. The molecule has 0 spiro atoms. The van der Waals surface area contributed by atoms with Gasteiger partial charge in [0.15, 0.2) is 0 Å². The number of thiophene rings is 1. The Morgan fingerprint density at radius 2 is 2.18 bits per heavy atom. The molecule has 1 saturated heterocycles. The molecule has 0 radical (unpaired) electrons. The molecule has 94 valence electrons. The van der Waals surface area contributed by atoms with E-state index in [0.717, 1.165) is 12.5 Å². The topological polar surface area (TPSA) is 15.3 Å². The highest BCUT2D eigenvalue weighted by molar-refractivity contribution is 7.10. The third kappa shape index (κ3) is 3.09. The Balaban J connectivity index is 1.47. The van der Waals surface area contributed by atoms with Gasteiger partial charge in [0, 0.05) is 24.0 Å². The summed E-state index contributed by atoms with van der Waals surface area (Å²) in [6.45, 7) is 5.01. The van der Waals surface area contributed by atoms with Gasteiger partial charge in [-0.05, 0) is 56.1 Å². The van der Waals surface area contributed by atoms with E-state index in [4.69, 9.17) is 0 Å². The fourth-order valence-electron chi connectivity index (χ4n) is 2.78. The Labute approximate surface area is 108 Å². The van der Waals surface area contributed by atoms with Crippen molar-refractivity contribution in [3.63, 3.8) is 0 Å². The lowest BCUT2D eigenvalue weighted by Crippen LogP contribution is -2.32. The maximum absolute atomic E-state index is 3.78. The van der Waals surface area contributed by atoms with Crippen LogP contribution in [0, 0.1) is 5.92 Å². The molecule has 0 bridgehead atoms. The highest BCUT2D eigenvalue weighted by Gasteiger charge is 2.32. The molecule has 2 nitrogen and oxygen atoms in total. The van der Waals surface area contributed by atoms with E-state index in [1.54, 1.807) is 0 Å². The molecule has 2 aliphatic rings. The average molecular weight is 250 g/mol. The van der Waals surface area contributed by atoms with Crippen molar-refractivity contribution in [3.8, 4) is 0 Å². The quantitative estimate of drug-likeness (QED) is 0.835. The van der Waals surface area contributed by atoms with E-state index in [2.05, 4.69) is 27.7 Å². The Bertz CT molecular complexity index is 326. The van der Waals surface area contributed by atoms with Crippen molar-refractivity contribution in [2.45, 2.75) is 31.7 Å². The molecule has 1 aromatic heterocycles. The number of likely N-dealkylation sites (tertiary alicyclic amines) is 1. The minimum Gasteiger partial charge on any atom is -0.308 e. The van der Waals surface area contributed by atoms with Crippen LogP contribution in [0.5, 0.6) is 0 Å². The second-order valence-corrected chi connectivity index (χ2v) is 6.31. The second-order valence-electron chi connectivity index (χ2n) is 5.33. The van der Waals surface area contributed by atoms with Crippen LogP contribution in [0.3, 0.4) is 0 Å². The van der Waals surface area contributed by atoms with Crippen LogP contribution in [0.2, 0.25) is 0 Å². The van der Waals surface area contributed by atoms with Gasteiger partial charge in [0.1, 0.15) is 0 Å². The van der Waals surface area contributed by atoms with E-state index in [0.29, 0.717) is 6.04 Å². The van der Waals surface area contributed by atoms with E-state index in [1.807, 2.05) is 11.3 Å².